The lowest BCUT2D eigenvalue weighted by atomic mass is 10.2. The fraction of sp³-hybridized carbons (Fsp3) is 0.429. The number of hydrogen-bond donors (Lipinski definition) is 0. The predicted molar refractivity (Wildman–Crippen MR) is 68.0 cm³/mol. The van der Waals surface area contributed by atoms with Gasteiger partial charge in [0, 0.05) is 43.3 Å². The number of morpholine rings is 1. The van der Waals surface area contributed by atoms with Gasteiger partial charge < -0.3 is 9.30 Å². The van der Waals surface area contributed by atoms with E-state index in [9.17, 15) is 0 Å². The van der Waals surface area contributed by atoms with Gasteiger partial charge in [0.05, 0.1) is 13.2 Å². The normalized spacial score (nSPS) is 17.6. The Morgan fingerprint density at radius 2 is 2.06 bits per heavy atom. The van der Waals surface area contributed by atoms with Gasteiger partial charge in [0.2, 0.25) is 0 Å². The molecule has 2 heterocycles. The van der Waals surface area contributed by atoms with Crippen molar-refractivity contribution in [1.82, 2.24) is 9.47 Å². The van der Waals surface area contributed by atoms with E-state index in [0.29, 0.717) is 0 Å². The summed E-state index contributed by atoms with van der Waals surface area (Å²) in [6.07, 6.45) is 2.15. The number of hydrogen-bond acceptors (Lipinski definition) is 2. The second kappa shape index (κ2) is 4.90. The molecule has 1 aliphatic heterocycles. The van der Waals surface area contributed by atoms with Gasteiger partial charge in [-0.15, -0.1) is 0 Å². The molecule has 1 saturated heterocycles. The Morgan fingerprint density at radius 3 is 2.94 bits per heavy atom. The molecule has 0 amide bonds. The number of aromatic nitrogens is 1. The maximum Gasteiger partial charge on any atom is 0.0594 e. The highest BCUT2D eigenvalue weighted by Crippen LogP contribution is 2.14. The van der Waals surface area contributed by atoms with Gasteiger partial charge in [-0.2, -0.15) is 0 Å². The fourth-order valence-corrected chi connectivity index (χ4v) is 2.34. The van der Waals surface area contributed by atoms with E-state index in [4.69, 9.17) is 4.74 Å². The zero-order valence-electron chi connectivity index (χ0n) is 9.93. The highest BCUT2D eigenvalue weighted by molar-refractivity contribution is 5.79. The van der Waals surface area contributed by atoms with Crippen LogP contribution in [0.3, 0.4) is 0 Å². The minimum Gasteiger partial charge on any atom is -0.379 e. The molecular weight excluding hydrogens is 212 g/mol. The van der Waals surface area contributed by atoms with Crippen molar-refractivity contribution in [1.29, 1.82) is 0 Å². The highest BCUT2D eigenvalue weighted by atomic mass is 16.5. The smallest absolute Gasteiger partial charge is 0.0594 e. The Labute approximate surface area is 102 Å². The Hall–Kier alpha value is -1.32. The molecule has 1 aromatic heterocycles. The first-order valence-electron chi connectivity index (χ1n) is 6.19. The van der Waals surface area contributed by atoms with Crippen LogP contribution in [0.4, 0.5) is 0 Å². The molecule has 17 heavy (non-hydrogen) atoms. The van der Waals surface area contributed by atoms with Crippen LogP contribution in [-0.2, 0) is 11.3 Å². The van der Waals surface area contributed by atoms with Crippen molar-refractivity contribution in [3.8, 4) is 0 Å². The first kappa shape index (κ1) is 10.8. The van der Waals surface area contributed by atoms with E-state index in [1.54, 1.807) is 0 Å². The molecule has 0 N–H and O–H groups in total. The molecule has 0 atom stereocenters. The molecule has 0 bridgehead atoms. The van der Waals surface area contributed by atoms with Gasteiger partial charge in [-0.1, -0.05) is 12.1 Å². The molecule has 1 aromatic carbocycles. The standard InChI is InChI=1S/C14H17N2O/c1-2-4-14-13(3-1)5-6-16(14)8-7-15-9-11-17-12-10-15/h1-2,4-6H,7-12H2. The number of ether oxygens (including phenoxy) is 1. The van der Waals surface area contributed by atoms with Crippen LogP contribution in [-0.4, -0.2) is 42.3 Å². The second-order valence-electron chi connectivity index (χ2n) is 4.43. The Morgan fingerprint density at radius 1 is 1.18 bits per heavy atom. The average Bonchev–Trinajstić information content (AvgIpc) is 2.81. The Bertz CT molecular complexity index is 486. The average molecular weight is 229 g/mol. The summed E-state index contributed by atoms with van der Waals surface area (Å²) in [6.45, 7) is 6.01. The van der Waals surface area contributed by atoms with Crippen molar-refractivity contribution in [2.75, 3.05) is 32.8 Å². The van der Waals surface area contributed by atoms with Crippen LogP contribution >= 0.6 is 0 Å². The minimum absolute atomic E-state index is 0.875. The maximum atomic E-state index is 5.35. The molecule has 3 heteroatoms. The number of fused-ring (bicyclic) bond motifs is 1. The summed E-state index contributed by atoms with van der Waals surface area (Å²) >= 11 is 0. The zero-order chi connectivity index (χ0) is 11.5. The van der Waals surface area contributed by atoms with E-state index in [0.717, 1.165) is 39.4 Å². The van der Waals surface area contributed by atoms with E-state index >= 15 is 0 Å². The molecule has 0 saturated carbocycles. The molecule has 2 aromatic rings. The molecule has 0 spiro atoms. The zero-order valence-corrected chi connectivity index (χ0v) is 9.93. The van der Waals surface area contributed by atoms with Crippen LogP contribution in [0.15, 0.2) is 30.5 Å². The topological polar surface area (TPSA) is 17.4 Å². The van der Waals surface area contributed by atoms with Crippen LogP contribution < -0.4 is 0 Å². The summed E-state index contributed by atoms with van der Waals surface area (Å²) in [5.41, 5.74) is 1.28. The number of nitrogens with zero attached hydrogens (tertiary/aromatic N) is 2. The van der Waals surface area contributed by atoms with Crippen LogP contribution in [0.5, 0.6) is 0 Å². The first-order chi connectivity index (χ1) is 8.43. The summed E-state index contributed by atoms with van der Waals surface area (Å²) in [5, 5.41) is 1.20. The minimum atomic E-state index is 0.875. The molecule has 1 aliphatic rings. The lowest BCUT2D eigenvalue weighted by molar-refractivity contribution is 0.0365. The van der Waals surface area contributed by atoms with E-state index < -0.39 is 0 Å². The molecular formula is C14H17N2O. The van der Waals surface area contributed by atoms with Gasteiger partial charge in [0.25, 0.3) is 0 Å². The summed E-state index contributed by atoms with van der Waals surface area (Å²) in [7, 11) is 0. The third-order valence-electron chi connectivity index (χ3n) is 3.36. The van der Waals surface area contributed by atoms with Crippen LogP contribution in [0.2, 0.25) is 0 Å². The summed E-state index contributed by atoms with van der Waals surface area (Å²) in [6, 6.07) is 11.6. The predicted octanol–water partition coefficient (Wildman–Crippen LogP) is 1.77. The molecule has 3 rings (SSSR count). The van der Waals surface area contributed by atoms with Crippen molar-refractivity contribution in [3.63, 3.8) is 0 Å². The van der Waals surface area contributed by atoms with Gasteiger partial charge in [0.15, 0.2) is 0 Å². The molecule has 1 radical (unpaired) electrons. The van der Waals surface area contributed by atoms with E-state index in [-0.39, 0.29) is 0 Å². The fourth-order valence-electron chi connectivity index (χ4n) is 2.34. The number of benzene rings is 1. The van der Waals surface area contributed by atoms with E-state index in [1.807, 2.05) is 12.1 Å². The van der Waals surface area contributed by atoms with Gasteiger partial charge in [0.1, 0.15) is 0 Å². The third-order valence-corrected chi connectivity index (χ3v) is 3.36. The first-order valence-corrected chi connectivity index (χ1v) is 6.19. The Kier molecular flexibility index (Phi) is 3.12. The van der Waals surface area contributed by atoms with Crippen molar-refractivity contribution in [3.05, 3.63) is 36.5 Å². The number of rotatable bonds is 3. The van der Waals surface area contributed by atoms with E-state index in [2.05, 4.69) is 33.9 Å². The van der Waals surface area contributed by atoms with Crippen molar-refractivity contribution >= 4 is 10.9 Å². The van der Waals surface area contributed by atoms with Crippen LogP contribution in [0.25, 0.3) is 10.9 Å². The molecule has 89 valence electrons. The van der Waals surface area contributed by atoms with Crippen LogP contribution in [0.1, 0.15) is 0 Å². The van der Waals surface area contributed by atoms with Gasteiger partial charge in [-0.05, 0) is 18.2 Å². The summed E-state index contributed by atoms with van der Waals surface area (Å²) < 4.78 is 7.66. The summed E-state index contributed by atoms with van der Waals surface area (Å²) in [5.74, 6) is 0. The van der Waals surface area contributed by atoms with Crippen molar-refractivity contribution < 1.29 is 4.74 Å². The lowest BCUT2D eigenvalue weighted by Crippen LogP contribution is -2.38. The third kappa shape index (κ3) is 2.35. The van der Waals surface area contributed by atoms with Crippen molar-refractivity contribution in [2.45, 2.75) is 6.54 Å². The van der Waals surface area contributed by atoms with E-state index in [1.165, 1.54) is 10.9 Å². The SMILES string of the molecule is [c]1cccc2c1ccn2CCN1CCOCC1. The van der Waals surface area contributed by atoms with Gasteiger partial charge in [-0.25, -0.2) is 0 Å². The second-order valence-corrected chi connectivity index (χ2v) is 4.43. The molecule has 0 unspecified atom stereocenters. The van der Waals surface area contributed by atoms with Gasteiger partial charge >= 0.3 is 0 Å². The maximum absolute atomic E-state index is 5.35. The Balaban J connectivity index is 1.68. The monoisotopic (exact) mass is 229 g/mol. The molecule has 1 fully saturated rings. The quantitative estimate of drug-likeness (QED) is 0.798. The molecule has 0 aliphatic carbocycles. The highest BCUT2D eigenvalue weighted by Gasteiger charge is 2.10. The van der Waals surface area contributed by atoms with Crippen LogP contribution in [0, 0.1) is 6.07 Å². The largest absolute Gasteiger partial charge is 0.379 e. The van der Waals surface area contributed by atoms with Gasteiger partial charge in [-0.3, -0.25) is 4.90 Å². The lowest BCUT2D eigenvalue weighted by Gasteiger charge is -2.26. The summed E-state index contributed by atoms with van der Waals surface area (Å²) in [4.78, 5) is 2.46. The van der Waals surface area contributed by atoms with Crippen molar-refractivity contribution in [2.24, 2.45) is 0 Å². The molecule has 3 nitrogen and oxygen atoms in total.